The Morgan fingerprint density at radius 3 is 2.44 bits per heavy atom. The normalized spacial score (nSPS) is 12.3. The van der Waals surface area contributed by atoms with E-state index in [1.54, 1.807) is 0 Å². The fourth-order valence-electron chi connectivity index (χ4n) is 2.38. The molecule has 1 amide bonds. The Bertz CT molecular complexity index is 441. The molecule has 0 atom stereocenters. The molecule has 0 saturated heterocycles. The Kier molecular flexibility index (Phi) is 4.43. The van der Waals surface area contributed by atoms with Crippen molar-refractivity contribution in [2.75, 3.05) is 0 Å². The van der Waals surface area contributed by atoms with E-state index >= 15 is 0 Å². The van der Waals surface area contributed by atoms with Crippen molar-refractivity contribution in [2.45, 2.75) is 45.1 Å². The minimum Gasteiger partial charge on any atom is -0.444 e. The molecule has 0 aliphatic carbocycles. The maximum Gasteiger partial charge on any atom is 0.405 e. The van der Waals surface area contributed by atoms with E-state index in [2.05, 4.69) is 41.9 Å². The lowest BCUT2D eigenvalue weighted by atomic mass is 9.76. The zero-order valence-electron chi connectivity index (χ0n) is 11.3. The topological polar surface area (TPSA) is 52.3 Å². The number of carbonyl (C=O) groups is 1. The first kappa shape index (κ1) is 15.0. The van der Waals surface area contributed by atoms with Crippen LogP contribution in [0.3, 0.4) is 0 Å². The number of hydrogen-bond acceptors (Lipinski definition) is 2. The van der Waals surface area contributed by atoms with Crippen molar-refractivity contribution in [1.82, 2.24) is 0 Å². The van der Waals surface area contributed by atoms with Gasteiger partial charge >= 0.3 is 6.09 Å². The van der Waals surface area contributed by atoms with E-state index < -0.39 is 11.7 Å². The average molecular weight is 314 g/mol. The predicted octanol–water partition coefficient (Wildman–Crippen LogP) is 3.99. The average Bonchev–Trinajstić information content (AvgIpc) is 2.13. The largest absolute Gasteiger partial charge is 0.444 e. The molecular formula is C14H20BrNO2. The summed E-state index contributed by atoms with van der Waals surface area (Å²) in [5.74, 6) is 0. The van der Waals surface area contributed by atoms with Crippen molar-refractivity contribution >= 4 is 22.0 Å². The van der Waals surface area contributed by atoms with Gasteiger partial charge in [0.25, 0.3) is 0 Å². The van der Waals surface area contributed by atoms with Crippen LogP contribution in [0.4, 0.5) is 4.79 Å². The number of ether oxygens (including phenoxy) is 1. The second kappa shape index (κ2) is 5.31. The Morgan fingerprint density at radius 2 is 1.94 bits per heavy atom. The summed E-state index contributed by atoms with van der Waals surface area (Å²) in [5, 5.41) is 0. The summed E-state index contributed by atoms with van der Waals surface area (Å²) in [6.07, 6.45) is -0.0376. The molecule has 0 heterocycles. The molecule has 0 spiro atoms. The molecule has 4 heteroatoms. The maximum atomic E-state index is 10.9. The number of carbonyl (C=O) groups excluding carboxylic acids is 1. The highest BCUT2D eigenvalue weighted by molar-refractivity contribution is 9.10. The Morgan fingerprint density at radius 1 is 1.33 bits per heavy atom. The van der Waals surface area contributed by atoms with Crippen LogP contribution in [-0.4, -0.2) is 11.7 Å². The van der Waals surface area contributed by atoms with Crippen LogP contribution in [0.25, 0.3) is 0 Å². The number of hydrogen-bond donors (Lipinski definition) is 1. The minimum absolute atomic E-state index is 0.108. The zero-order valence-corrected chi connectivity index (χ0v) is 12.9. The Balaban J connectivity index is 2.90. The second-order valence-corrected chi connectivity index (χ2v) is 6.67. The van der Waals surface area contributed by atoms with E-state index in [-0.39, 0.29) is 5.41 Å². The van der Waals surface area contributed by atoms with Gasteiger partial charge in [-0.3, -0.25) is 0 Å². The summed E-state index contributed by atoms with van der Waals surface area (Å²) in [4.78, 5) is 10.9. The molecule has 1 rings (SSSR count). The molecule has 18 heavy (non-hydrogen) atoms. The second-order valence-electron chi connectivity index (χ2n) is 5.75. The number of primary amides is 1. The molecule has 0 aliphatic heterocycles. The lowest BCUT2D eigenvalue weighted by Crippen LogP contribution is -2.37. The van der Waals surface area contributed by atoms with Gasteiger partial charge < -0.3 is 10.5 Å². The third-order valence-electron chi connectivity index (χ3n) is 2.85. The lowest BCUT2D eigenvalue weighted by molar-refractivity contribution is 0.0247. The first-order valence-corrected chi connectivity index (χ1v) is 6.66. The van der Waals surface area contributed by atoms with Crippen LogP contribution in [0, 0.1) is 0 Å². The van der Waals surface area contributed by atoms with Crippen LogP contribution < -0.4 is 5.73 Å². The summed E-state index contributed by atoms with van der Waals surface area (Å²) in [6.45, 7) is 8.00. The number of halogens is 1. The fraction of sp³-hybridized carbons (Fsp3) is 0.500. The van der Waals surface area contributed by atoms with Gasteiger partial charge in [0, 0.05) is 4.47 Å². The van der Waals surface area contributed by atoms with Crippen LogP contribution in [0.15, 0.2) is 28.7 Å². The van der Waals surface area contributed by atoms with Crippen molar-refractivity contribution in [1.29, 1.82) is 0 Å². The van der Waals surface area contributed by atoms with Gasteiger partial charge in [-0.1, -0.05) is 41.9 Å². The van der Waals surface area contributed by atoms with Crippen LogP contribution in [0.5, 0.6) is 0 Å². The van der Waals surface area contributed by atoms with Crippen molar-refractivity contribution in [3.63, 3.8) is 0 Å². The smallest absolute Gasteiger partial charge is 0.405 e. The number of amides is 1. The molecule has 2 N–H and O–H groups in total. The molecule has 0 bridgehead atoms. The lowest BCUT2D eigenvalue weighted by Gasteiger charge is -2.34. The molecule has 0 unspecified atom stereocenters. The number of rotatable bonds is 4. The molecule has 0 fully saturated rings. The van der Waals surface area contributed by atoms with Gasteiger partial charge in [0.2, 0.25) is 0 Å². The summed E-state index contributed by atoms with van der Waals surface area (Å²) >= 11 is 3.47. The molecule has 1 aromatic rings. The van der Waals surface area contributed by atoms with E-state index in [4.69, 9.17) is 10.5 Å². The quantitative estimate of drug-likeness (QED) is 0.913. The van der Waals surface area contributed by atoms with Gasteiger partial charge in [-0.2, -0.15) is 0 Å². The Hall–Kier alpha value is -1.03. The first-order valence-electron chi connectivity index (χ1n) is 5.87. The number of nitrogens with two attached hydrogens (primary N) is 1. The van der Waals surface area contributed by atoms with Gasteiger partial charge in [-0.25, -0.2) is 4.79 Å². The van der Waals surface area contributed by atoms with Crippen molar-refractivity contribution in [3.05, 3.63) is 34.3 Å². The maximum absolute atomic E-state index is 10.9. The van der Waals surface area contributed by atoms with Crippen molar-refractivity contribution in [2.24, 2.45) is 5.73 Å². The Labute approximate surface area is 117 Å². The monoisotopic (exact) mass is 313 g/mol. The molecule has 0 aromatic heterocycles. The van der Waals surface area contributed by atoms with Crippen LogP contribution in [0.2, 0.25) is 0 Å². The standard InChI is InChI=1S/C14H20BrNO2/c1-13(2,9-14(3,4)18-12(16)17)10-6-5-7-11(15)8-10/h5-8H,9H2,1-4H3,(H2,16,17). The summed E-state index contributed by atoms with van der Waals surface area (Å²) in [5.41, 5.74) is 5.59. The van der Waals surface area contributed by atoms with E-state index in [9.17, 15) is 4.79 Å². The van der Waals surface area contributed by atoms with Crippen LogP contribution in [-0.2, 0) is 10.2 Å². The predicted molar refractivity (Wildman–Crippen MR) is 76.5 cm³/mol. The number of benzene rings is 1. The van der Waals surface area contributed by atoms with Gasteiger partial charge in [0.15, 0.2) is 0 Å². The zero-order chi connectivity index (χ0) is 14.0. The molecule has 3 nitrogen and oxygen atoms in total. The van der Waals surface area contributed by atoms with E-state index in [1.165, 1.54) is 5.56 Å². The highest BCUT2D eigenvalue weighted by Crippen LogP contribution is 2.34. The van der Waals surface area contributed by atoms with Crippen LogP contribution >= 0.6 is 15.9 Å². The molecule has 100 valence electrons. The third kappa shape index (κ3) is 4.33. The van der Waals surface area contributed by atoms with E-state index in [1.807, 2.05) is 26.0 Å². The molecule has 0 saturated carbocycles. The van der Waals surface area contributed by atoms with Gasteiger partial charge in [0.05, 0.1) is 0 Å². The molecule has 0 radical (unpaired) electrons. The minimum atomic E-state index is -0.731. The summed E-state index contributed by atoms with van der Waals surface area (Å²) in [7, 11) is 0. The summed E-state index contributed by atoms with van der Waals surface area (Å²) in [6, 6.07) is 8.15. The molecular weight excluding hydrogens is 294 g/mol. The highest BCUT2D eigenvalue weighted by atomic mass is 79.9. The molecule has 1 aromatic carbocycles. The van der Waals surface area contributed by atoms with Crippen molar-refractivity contribution in [3.8, 4) is 0 Å². The van der Waals surface area contributed by atoms with Crippen molar-refractivity contribution < 1.29 is 9.53 Å². The van der Waals surface area contributed by atoms with Crippen LogP contribution in [0.1, 0.15) is 39.7 Å². The van der Waals surface area contributed by atoms with Gasteiger partial charge in [-0.05, 0) is 43.4 Å². The fourth-order valence-corrected chi connectivity index (χ4v) is 2.78. The van der Waals surface area contributed by atoms with E-state index in [0.29, 0.717) is 6.42 Å². The SMILES string of the molecule is CC(C)(CC(C)(C)c1cccc(Br)c1)OC(N)=O. The first-order chi connectivity index (χ1) is 8.12. The van der Waals surface area contributed by atoms with E-state index in [0.717, 1.165) is 4.47 Å². The molecule has 0 aliphatic rings. The van der Waals surface area contributed by atoms with Gasteiger partial charge in [0.1, 0.15) is 5.60 Å². The third-order valence-corrected chi connectivity index (χ3v) is 3.34. The summed E-state index contributed by atoms with van der Waals surface area (Å²) < 4.78 is 6.20. The highest BCUT2D eigenvalue weighted by Gasteiger charge is 2.32. The van der Waals surface area contributed by atoms with Gasteiger partial charge in [-0.15, -0.1) is 0 Å².